The van der Waals surface area contributed by atoms with Gasteiger partial charge in [-0.2, -0.15) is 20.5 Å². The predicted octanol–water partition coefficient (Wildman–Crippen LogP) is 13.7. The Kier molecular flexibility index (Phi) is 7.24. The first kappa shape index (κ1) is 36.0. The maximum atomic E-state index is 5.73. The van der Waals surface area contributed by atoms with E-state index in [1.807, 2.05) is 0 Å². The first-order valence-electron chi connectivity index (χ1n) is 22.9. The molecule has 0 spiro atoms. The fourth-order valence-electron chi connectivity index (χ4n) is 17.1. The van der Waals surface area contributed by atoms with Crippen molar-refractivity contribution in [3.05, 3.63) is 154 Å². The summed E-state index contributed by atoms with van der Waals surface area (Å²) in [4.78, 5) is 0. The van der Waals surface area contributed by atoms with Crippen molar-refractivity contribution < 1.29 is 0 Å². The maximum Gasteiger partial charge on any atom is 0.117 e. The largest absolute Gasteiger partial charge is 0.181 e. The van der Waals surface area contributed by atoms with Crippen LogP contribution in [0.3, 0.4) is 0 Å². The van der Waals surface area contributed by atoms with E-state index in [4.69, 9.17) is 20.5 Å². The molecule has 8 aliphatic rings. The van der Waals surface area contributed by atoms with Crippen molar-refractivity contribution >= 4 is 0 Å². The van der Waals surface area contributed by atoms with E-state index in [2.05, 4.69) is 151 Å². The van der Waals surface area contributed by atoms with Gasteiger partial charge in [-0.1, -0.05) is 170 Å². The molecule has 4 nitrogen and oxygen atoms in total. The van der Waals surface area contributed by atoms with Gasteiger partial charge in [-0.05, 0) is 113 Å². The molecule has 2 radical (unpaired) electrons. The third kappa shape index (κ3) is 3.84. The van der Waals surface area contributed by atoms with E-state index in [0.717, 1.165) is 0 Å². The first-order valence-corrected chi connectivity index (χ1v) is 22.9. The van der Waals surface area contributed by atoms with Gasteiger partial charge in [0, 0.05) is 22.7 Å². The second-order valence-corrected chi connectivity index (χ2v) is 21.5. The Morgan fingerprint density at radius 3 is 1.14 bits per heavy atom. The number of hydrogen-bond acceptors (Lipinski definition) is 4. The Bertz CT molecular complexity index is 2220. The lowest BCUT2D eigenvalue weighted by molar-refractivity contribution is 0.136. The third-order valence-electron chi connectivity index (χ3n) is 19.0. The van der Waals surface area contributed by atoms with Crippen LogP contribution in [-0.4, -0.2) is 0 Å². The summed E-state index contributed by atoms with van der Waals surface area (Å²) < 4.78 is 0. The molecule has 12 rings (SSSR count). The number of benzene rings is 4. The smallest absolute Gasteiger partial charge is 0.117 e. The second kappa shape index (κ2) is 11.7. The molecule has 296 valence electrons. The molecule has 2 aliphatic heterocycles. The molecule has 4 bridgehead atoms. The van der Waals surface area contributed by atoms with Gasteiger partial charge in [-0.15, -0.1) is 0 Å². The lowest BCUT2D eigenvalue weighted by Crippen LogP contribution is -2.46. The number of azo groups is 2. The molecule has 4 heteroatoms. The number of hydrogen-bond donors (Lipinski definition) is 0. The summed E-state index contributed by atoms with van der Waals surface area (Å²) in [6, 6.07) is 42.0. The van der Waals surface area contributed by atoms with E-state index in [-0.39, 0.29) is 27.3 Å². The first-order chi connectivity index (χ1) is 28.0. The Morgan fingerprint density at radius 1 is 0.379 bits per heavy atom. The minimum Gasteiger partial charge on any atom is -0.181 e. The third-order valence-corrected chi connectivity index (χ3v) is 19.0. The second-order valence-electron chi connectivity index (χ2n) is 21.5. The monoisotopic (exact) mass is 764 g/mol. The van der Waals surface area contributed by atoms with E-state index in [1.165, 1.54) is 91.2 Å². The zero-order valence-corrected chi connectivity index (χ0v) is 35.5. The van der Waals surface area contributed by atoms with E-state index in [1.54, 1.807) is 11.8 Å². The lowest BCUT2D eigenvalue weighted by atomic mass is 9.58. The van der Waals surface area contributed by atoms with Gasteiger partial charge < -0.3 is 0 Å². The van der Waals surface area contributed by atoms with Gasteiger partial charge in [0.1, 0.15) is 22.2 Å². The van der Waals surface area contributed by atoms with Gasteiger partial charge >= 0.3 is 0 Å². The SMILES string of the molecule is CC1(C)[C](c2ccccc2)C2CCCC2[C]1c1cc(C23N=NC(c4ccccc4)(C4CCCC42)C3(C)C)cc(C23N=NC(c4ccccc4)(C4CCCC42)C3(C)C)c1. The van der Waals surface area contributed by atoms with Crippen LogP contribution in [-0.2, 0) is 22.2 Å². The van der Waals surface area contributed by atoms with Crippen molar-refractivity contribution in [3.63, 3.8) is 0 Å². The highest BCUT2D eigenvalue weighted by molar-refractivity contribution is 5.58. The Morgan fingerprint density at radius 2 is 0.724 bits per heavy atom. The molecule has 4 aromatic rings. The molecular weight excluding hydrogens is 705 g/mol. The highest BCUT2D eigenvalue weighted by atomic mass is 15.3. The summed E-state index contributed by atoms with van der Waals surface area (Å²) in [5, 5.41) is 22.6. The summed E-state index contributed by atoms with van der Waals surface area (Å²) in [6.07, 6.45) is 11.2. The average Bonchev–Trinajstić information content (AvgIpc) is 4.10. The van der Waals surface area contributed by atoms with Gasteiger partial charge in [-0.25, -0.2) is 0 Å². The van der Waals surface area contributed by atoms with Gasteiger partial charge in [0.25, 0.3) is 0 Å². The fourth-order valence-corrected chi connectivity index (χ4v) is 17.1. The average molecular weight is 765 g/mol. The molecule has 6 aliphatic carbocycles. The summed E-state index contributed by atoms with van der Waals surface area (Å²) >= 11 is 0. The van der Waals surface area contributed by atoms with Crippen LogP contribution in [0.25, 0.3) is 0 Å². The molecule has 0 N–H and O–H groups in total. The van der Waals surface area contributed by atoms with Crippen LogP contribution in [0.15, 0.2) is 130 Å². The van der Waals surface area contributed by atoms with Crippen molar-refractivity contribution in [2.45, 2.75) is 121 Å². The summed E-state index contributed by atoms with van der Waals surface area (Å²) in [5.41, 5.74) is 6.29. The standard InChI is InChI=1S/C54H60N4/c1-48(2)46(34-19-10-7-11-20-34)40-25-16-26-41(40)47(48)35-31-38(53-44-29-17-27-42(44)51(55-57-53,49(53,3)4)36-21-12-8-13-22-36)33-39(32-35)54-45-30-18-28-43(45)52(56-58-54,50(54,5)6)37-23-14-9-15-24-37/h7-15,19-24,31-33,40-45H,16-18,25-30H2,1-6H3. The summed E-state index contributed by atoms with van der Waals surface area (Å²) in [5.74, 6) is 6.24. The Hall–Kier alpha value is -3.92. The Labute approximate surface area is 346 Å². The molecule has 0 saturated heterocycles. The molecule has 58 heavy (non-hydrogen) atoms. The van der Waals surface area contributed by atoms with Gasteiger partial charge in [-0.3, -0.25) is 0 Å². The molecule has 6 fully saturated rings. The van der Waals surface area contributed by atoms with Crippen LogP contribution in [0.5, 0.6) is 0 Å². The van der Waals surface area contributed by atoms with E-state index in [9.17, 15) is 0 Å². The van der Waals surface area contributed by atoms with Crippen LogP contribution >= 0.6 is 0 Å². The van der Waals surface area contributed by atoms with Gasteiger partial charge in [0.15, 0.2) is 0 Å². The van der Waals surface area contributed by atoms with Gasteiger partial charge in [0.2, 0.25) is 0 Å². The number of nitrogens with zero attached hydrogens (tertiary/aromatic N) is 4. The zero-order valence-electron chi connectivity index (χ0n) is 35.5. The quantitative estimate of drug-likeness (QED) is 0.188. The minimum absolute atomic E-state index is 0.0828. The van der Waals surface area contributed by atoms with Crippen molar-refractivity contribution in [1.82, 2.24) is 0 Å². The van der Waals surface area contributed by atoms with E-state index >= 15 is 0 Å². The normalized spacial score (nSPS) is 40.7. The van der Waals surface area contributed by atoms with Crippen molar-refractivity contribution in [1.29, 1.82) is 0 Å². The molecule has 2 heterocycles. The maximum absolute atomic E-state index is 5.73. The van der Waals surface area contributed by atoms with Crippen LogP contribution in [0, 0.1) is 63.6 Å². The highest BCUT2D eigenvalue weighted by Gasteiger charge is 2.80. The van der Waals surface area contributed by atoms with Crippen molar-refractivity contribution in [2.75, 3.05) is 0 Å². The van der Waals surface area contributed by atoms with Crippen molar-refractivity contribution in [3.8, 4) is 0 Å². The molecular formula is C54H60N4. The van der Waals surface area contributed by atoms with E-state index < -0.39 is 11.1 Å². The highest BCUT2D eigenvalue weighted by Crippen LogP contribution is 2.80. The van der Waals surface area contributed by atoms with Crippen LogP contribution in [0.2, 0.25) is 0 Å². The predicted molar refractivity (Wildman–Crippen MR) is 231 cm³/mol. The lowest BCUT2D eigenvalue weighted by Gasteiger charge is -2.45. The molecule has 4 aromatic carbocycles. The van der Waals surface area contributed by atoms with Crippen molar-refractivity contribution in [2.24, 2.45) is 72.2 Å². The molecule has 10 unspecified atom stereocenters. The van der Waals surface area contributed by atoms with Crippen LogP contribution in [0.1, 0.15) is 133 Å². The van der Waals surface area contributed by atoms with Gasteiger partial charge in [0.05, 0.1) is 0 Å². The molecule has 0 aromatic heterocycles. The Balaban J connectivity index is 1.11. The van der Waals surface area contributed by atoms with Crippen LogP contribution < -0.4 is 0 Å². The summed E-state index contributed by atoms with van der Waals surface area (Å²) in [6.45, 7) is 15.2. The number of rotatable bonds is 6. The topological polar surface area (TPSA) is 49.4 Å². The van der Waals surface area contributed by atoms with Crippen LogP contribution in [0.4, 0.5) is 0 Å². The zero-order chi connectivity index (χ0) is 39.5. The molecule has 6 saturated carbocycles. The minimum atomic E-state index is -0.431. The summed E-state index contributed by atoms with van der Waals surface area (Å²) in [7, 11) is 0. The molecule has 10 atom stereocenters. The number of fused-ring (bicyclic) bond motifs is 11. The molecule has 0 amide bonds. The van der Waals surface area contributed by atoms with E-state index in [0.29, 0.717) is 35.5 Å². The fraction of sp³-hybridized carbons (Fsp3) is 0.519.